The highest BCUT2D eigenvalue weighted by Crippen LogP contribution is 2.17. The van der Waals surface area contributed by atoms with Crippen molar-refractivity contribution in [2.45, 2.75) is 47.2 Å². The highest BCUT2D eigenvalue weighted by atomic mass is 16.5. The molecule has 2 amide bonds. The maximum atomic E-state index is 13.0. The van der Waals surface area contributed by atoms with E-state index in [1.807, 2.05) is 18.7 Å². The Morgan fingerprint density at radius 1 is 1.40 bits per heavy atom. The fourth-order valence-electron chi connectivity index (χ4n) is 3.16. The van der Waals surface area contributed by atoms with Gasteiger partial charge in [0, 0.05) is 26.2 Å². The van der Waals surface area contributed by atoms with E-state index in [1.54, 1.807) is 22.6 Å². The molecule has 140 valence electrons. The van der Waals surface area contributed by atoms with E-state index >= 15 is 0 Å². The van der Waals surface area contributed by atoms with E-state index < -0.39 is 6.04 Å². The quantitative estimate of drug-likeness (QED) is 0.700. The van der Waals surface area contributed by atoms with Crippen LogP contribution in [0.3, 0.4) is 0 Å². The van der Waals surface area contributed by atoms with Crippen molar-refractivity contribution in [1.82, 2.24) is 19.6 Å². The van der Waals surface area contributed by atoms with Crippen molar-refractivity contribution in [3.63, 3.8) is 0 Å². The van der Waals surface area contributed by atoms with Crippen LogP contribution in [-0.4, -0.2) is 70.3 Å². The summed E-state index contributed by atoms with van der Waals surface area (Å²) >= 11 is 0. The first-order valence-corrected chi connectivity index (χ1v) is 9.07. The number of carbonyl (C=O) groups excluding carboxylic acids is 2. The third-order valence-corrected chi connectivity index (χ3v) is 4.37. The van der Waals surface area contributed by atoms with Gasteiger partial charge in [0.25, 0.3) is 5.91 Å². The minimum Gasteiger partial charge on any atom is -0.380 e. The first-order valence-electron chi connectivity index (χ1n) is 9.07. The molecule has 0 radical (unpaired) electrons. The predicted octanol–water partition coefficient (Wildman–Crippen LogP) is 1.56. The van der Waals surface area contributed by atoms with E-state index in [2.05, 4.69) is 18.9 Å². The van der Waals surface area contributed by atoms with Gasteiger partial charge in [-0.1, -0.05) is 13.8 Å². The van der Waals surface area contributed by atoms with Crippen LogP contribution < -0.4 is 0 Å². The lowest BCUT2D eigenvalue weighted by Crippen LogP contribution is -2.58. The molecular weight excluding hydrogens is 320 g/mol. The number of carbonyl (C=O) groups is 2. The van der Waals surface area contributed by atoms with Crippen LogP contribution in [0.25, 0.3) is 0 Å². The molecule has 1 atom stereocenters. The van der Waals surface area contributed by atoms with Crippen LogP contribution in [-0.2, 0) is 16.1 Å². The molecule has 0 unspecified atom stereocenters. The van der Waals surface area contributed by atoms with Crippen molar-refractivity contribution >= 4 is 11.8 Å². The van der Waals surface area contributed by atoms with Crippen LogP contribution in [0.2, 0.25) is 0 Å². The Hall–Kier alpha value is -1.89. The highest BCUT2D eigenvalue weighted by Gasteiger charge is 2.35. The van der Waals surface area contributed by atoms with Crippen LogP contribution in [0.4, 0.5) is 0 Å². The Morgan fingerprint density at radius 2 is 2.12 bits per heavy atom. The minimum atomic E-state index is -0.449. The molecule has 7 nitrogen and oxygen atoms in total. The van der Waals surface area contributed by atoms with Crippen LogP contribution in [0, 0.1) is 12.8 Å². The highest BCUT2D eigenvalue weighted by molar-refractivity contribution is 5.97. The number of piperazine rings is 1. The SMILES string of the molecule is CCOCCn1nc(C)cc1C(=O)N1CCN(CC(C)C)C(=O)[C@@H]1C. The molecule has 2 rings (SSSR count). The third-order valence-electron chi connectivity index (χ3n) is 4.37. The van der Waals surface area contributed by atoms with Crippen LogP contribution in [0.5, 0.6) is 0 Å². The van der Waals surface area contributed by atoms with Crippen molar-refractivity contribution in [2.24, 2.45) is 5.92 Å². The first kappa shape index (κ1) is 19.4. The molecular formula is C18H30N4O3. The average molecular weight is 350 g/mol. The predicted molar refractivity (Wildman–Crippen MR) is 95.4 cm³/mol. The number of aromatic nitrogens is 2. The summed E-state index contributed by atoms with van der Waals surface area (Å²) in [7, 11) is 0. The number of nitrogens with zero attached hydrogens (tertiary/aromatic N) is 4. The van der Waals surface area contributed by atoms with Gasteiger partial charge in [-0.15, -0.1) is 0 Å². The van der Waals surface area contributed by atoms with E-state index in [0.29, 0.717) is 44.5 Å². The fraction of sp³-hybridized carbons (Fsp3) is 0.722. The van der Waals surface area contributed by atoms with Gasteiger partial charge >= 0.3 is 0 Å². The summed E-state index contributed by atoms with van der Waals surface area (Å²) in [6.45, 7) is 13.3. The molecule has 7 heteroatoms. The lowest BCUT2D eigenvalue weighted by Gasteiger charge is -2.39. The Bertz CT molecular complexity index is 611. The zero-order chi connectivity index (χ0) is 18.6. The topological polar surface area (TPSA) is 67.7 Å². The molecule has 1 aromatic rings. The van der Waals surface area contributed by atoms with Gasteiger partial charge in [0.15, 0.2) is 0 Å². The van der Waals surface area contributed by atoms with Gasteiger partial charge < -0.3 is 14.5 Å². The molecule has 0 bridgehead atoms. The number of hydrogen-bond donors (Lipinski definition) is 0. The zero-order valence-corrected chi connectivity index (χ0v) is 16.0. The number of hydrogen-bond acceptors (Lipinski definition) is 4. The fourth-order valence-corrected chi connectivity index (χ4v) is 3.16. The summed E-state index contributed by atoms with van der Waals surface area (Å²) in [6.07, 6.45) is 0. The minimum absolute atomic E-state index is 0.0189. The number of aryl methyl sites for hydroxylation is 1. The summed E-state index contributed by atoms with van der Waals surface area (Å²) in [4.78, 5) is 29.1. The second-order valence-electron chi connectivity index (χ2n) is 6.94. The number of rotatable bonds is 7. The van der Waals surface area contributed by atoms with E-state index in [-0.39, 0.29) is 11.8 Å². The third kappa shape index (κ3) is 4.60. The average Bonchev–Trinajstić information content (AvgIpc) is 2.92. The van der Waals surface area contributed by atoms with Crippen molar-refractivity contribution in [1.29, 1.82) is 0 Å². The molecule has 1 fully saturated rings. The number of ether oxygens (including phenoxy) is 1. The lowest BCUT2D eigenvalue weighted by molar-refractivity contribution is -0.140. The molecule has 1 aromatic heterocycles. The summed E-state index contributed by atoms with van der Waals surface area (Å²) in [5.74, 6) is 0.300. The Balaban J connectivity index is 2.12. The molecule has 2 heterocycles. The van der Waals surface area contributed by atoms with Gasteiger partial charge in [0.1, 0.15) is 11.7 Å². The van der Waals surface area contributed by atoms with Crippen molar-refractivity contribution in [2.75, 3.05) is 32.8 Å². The van der Waals surface area contributed by atoms with Gasteiger partial charge in [-0.25, -0.2) is 0 Å². The molecule has 1 aliphatic rings. The smallest absolute Gasteiger partial charge is 0.272 e. The Labute approximate surface area is 149 Å². The molecule has 0 spiro atoms. The van der Waals surface area contributed by atoms with Crippen LogP contribution >= 0.6 is 0 Å². The lowest BCUT2D eigenvalue weighted by atomic mass is 10.1. The van der Waals surface area contributed by atoms with E-state index in [1.165, 1.54) is 0 Å². The largest absolute Gasteiger partial charge is 0.380 e. The first-order chi connectivity index (χ1) is 11.8. The van der Waals surface area contributed by atoms with Crippen molar-refractivity contribution < 1.29 is 14.3 Å². The second-order valence-corrected chi connectivity index (χ2v) is 6.94. The van der Waals surface area contributed by atoms with Gasteiger partial charge in [-0.2, -0.15) is 5.10 Å². The summed E-state index contributed by atoms with van der Waals surface area (Å²) in [5, 5.41) is 4.39. The standard InChI is InChI=1S/C18H30N4O3/c1-6-25-10-9-22-16(11-14(4)19-22)18(24)21-8-7-20(12-13(2)3)17(23)15(21)5/h11,13,15H,6-10,12H2,1-5H3/t15-/m0/s1. The maximum Gasteiger partial charge on any atom is 0.272 e. The number of amides is 2. The molecule has 0 saturated carbocycles. The van der Waals surface area contributed by atoms with E-state index in [4.69, 9.17) is 4.74 Å². The molecule has 0 N–H and O–H groups in total. The van der Waals surface area contributed by atoms with Gasteiger partial charge in [-0.05, 0) is 32.8 Å². The normalized spacial score (nSPS) is 18.3. The molecule has 25 heavy (non-hydrogen) atoms. The molecule has 0 aromatic carbocycles. The summed E-state index contributed by atoms with van der Waals surface area (Å²) < 4.78 is 7.06. The summed E-state index contributed by atoms with van der Waals surface area (Å²) in [6, 6.07) is 1.34. The van der Waals surface area contributed by atoms with Gasteiger partial charge in [0.2, 0.25) is 5.91 Å². The Kier molecular flexibility index (Phi) is 6.58. The van der Waals surface area contributed by atoms with Crippen LogP contribution in [0.15, 0.2) is 6.07 Å². The van der Waals surface area contributed by atoms with E-state index in [0.717, 1.165) is 12.2 Å². The summed E-state index contributed by atoms with van der Waals surface area (Å²) in [5.41, 5.74) is 1.31. The molecule has 0 aliphatic carbocycles. The molecule has 1 aliphatic heterocycles. The van der Waals surface area contributed by atoms with Gasteiger partial charge in [0.05, 0.1) is 18.8 Å². The monoisotopic (exact) mass is 350 g/mol. The van der Waals surface area contributed by atoms with Crippen molar-refractivity contribution in [3.05, 3.63) is 17.5 Å². The molecule has 1 saturated heterocycles. The van der Waals surface area contributed by atoms with Crippen LogP contribution in [0.1, 0.15) is 43.9 Å². The Morgan fingerprint density at radius 3 is 2.76 bits per heavy atom. The second kappa shape index (κ2) is 8.47. The maximum absolute atomic E-state index is 13.0. The van der Waals surface area contributed by atoms with E-state index in [9.17, 15) is 9.59 Å². The zero-order valence-electron chi connectivity index (χ0n) is 16.0. The van der Waals surface area contributed by atoms with Crippen molar-refractivity contribution in [3.8, 4) is 0 Å². The van der Waals surface area contributed by atoms with Gasteiger partial charge in [-0.3, -0.25) is 14.3 Å².